The summed E-state index contributed by atoms with van der Waals surface area (Å²) in [7, 11) is 3.23. The second kappa shape index (κ2) is 7.54. The van der Waals surface area contributed by atoms with Gasteiger partial charge in [-0.05, 0) is 12.1 Å². The van der Waals surface area contributed by atoms with Crippen molar-refractivity contribution in [1.82, 2.24) is 9.88 Å². The van der Waals surface area contributed by atoms with Crippen molar-refractivity contribution in [3.8, 4) is 0 Å². The molecular weight excluding hydrogens is 352 g/mol. The summed E-state index contributed by atoms with van der Waals surface area (Å²) < 4.78 is 5.59. The van der Waals surface area contributed by atoms with E-state index in [9.17, 15) is 9.59 Å². The van der Waals surface area contributed by atoms with E-state index in [1.165, 1.54) is 11.0 Å². The van der Waals surface area contributed by atoms with Crippen molar-refractivity contribution in [3.63, 3.8) is 0 Å². The zero-order valence-corrected chi connectivity index (χ0v) is 15.1. The number of carbonyl (C=O) groups is 2. The lowest BCUT2D eigenvalue weighted by molar-refractivity contribution is -0.138. The van der Waals surface area contributed by atoms with Crippen LogP contribution in [0.2, 0.25) is 5.15 Å². The predicted octanol–water partition coefficient (Wildman–Crippen LogP) is 3.87. The number of rotatable bonds is 4. The average molecular weight is 369 g/mol. The second-order valence-corrected chi connectivity index (χ2v) is 6.33. The van der Waals surface area contributed by atoms with Gasteiger partial charge >= 0.3 is 5.97 Å². The SMILES string of the molecule is CN(C)C(=O)[C@@H](OC(=O)c1cc(Cl)nc2ccccc12)c1ccccc1. The van der Waals surface area contributed by atoms with Gasteiger partial charge in [-0.2, -0.15) is 0 Å². The molecule has 0 spiro atoms. The summed E-state index contributed by atoms with van der Waals surface area (Å²) in [5.74, 6) is -0.955. The summed E-state index contributed by atoms with van der Waals surface area (Å²) in [6.45, 7) is 0. The van der Waals surface area contributed by atoms with E-state index in [2.05, 4.69) is 4.98 Å². The molecule has 132 valence electrons. The van der Waals surface area contributed by atoms with Crippen molar-refractivity contribution in [3.05, 3.63) is 76.9 Å². The maximum atomic E-state index is 12.8. The summed E-state index contributed by atoms with van der Waals surface area (Å²) in [6, 6.07) is 17.5. The van der Waals surface area contributed by atoms with Crippen LogP contribution < -0.4 is 0 Å². The van der Waals surface area contributed by atoms with E-state index < -0.39 is 12.1 Å². The molecule has 0 saturated heterocycles. The monoisotopic (exact) mass is 368 g/mol. The van der Waals surface area contributed by atoms with Gasteiger partial charge in [-0.25, -0.2) is 9.78 Å². The fraction of sp³-hybridized carbons (Fsp3) is 0.150. The maximum absolute atomic E-state index is 12.8. The minimum Gasteiger partial charge on any atom is -0.444 e. The van der Waals surface area contributed by atoms with Crippen LogP contribution in [0.4, 0.5) is 0 Å². The smallest absolute Gasteiger partial charge is 0.340 e. The highest BCUT2D eigenvalue weighted by Gasteiger charge is 2.27. The quantitative estimate of drug-likeness (QED) is 0.518. The molecule has 0 aliphatic carbocycles. The Morgan fingerprint density at radius 2 is 1.69 bits per heavy atom. The van der Waals surface area contributed by atoms with Crippen molar-refractivity contribution in [1.29, 1.82) is 0 Å². The molecule has 0 aliphatic heterocycles. The van der Waals surface area contributed by atoms with Crippen molar-refractivity contribution < 1.29 is 14.3 Å². The maximum Gasteiger partial charge on any atom is 0.340 e. The van der Waals surface area contributed by atoms with E-state index >= 15 is 0 Å². The number of hydrogen-bond acceptors (Lipinski definition) is 4. The molecule has 0 saturated carbocycles. The third kappa shape index (κ3) is 3.68. The first kappa shape index (κ1) is 17.9. The number of nitrogens with zero attached hydrogens (tertiary/aromatic N) is 2. The number of esters is 1. The Morgan fingerprint density at radius 3 is 2.38 bits per heavy atom. The van der Waals surface area contributed by atoms with E-state index in [0.717, 1.165) is 0 Å². The summed E-state index contributed by atoms with van der Waals surface area (Å²) in [4.78, 5) is 31.0. The van der Waals surface area contributed by atoms with Gasteiger partial charge in [0.1, 0.15) is 5.15 Å². The molecule has 0 bridgehead atoms. The fourth-order valence-electron chi connectivity index (χ4n) is 2.61. The molecule has 0 aliphatic rings. The topological polar surface area (TPSA) is 59.5 Å². The Bertz CT molecular complexity index is 958. The van der Waals surface area contributed by atoms with Gasteiger partial charge in [-0.15, -0.1) is 0 Å². The van der Waals surface area contributed by atoms with E-state index in [1.807, 2.05) is 12.1 Å². The third-order valence-corrected chi connectivity index (χ3v) is 4.09. The molecular formula is C20H17ClN2O3. The summed E-state index contributed by atoms with van der Waals surface area (Å²) in [6.07, 6.45) is -1.04. The van der Waals surface area contributed by atoms with Gasteiger partial charge in [0, 0.05) is 25.0 Å². The van der Waals surface area contributed by atoms with Crippen molar-refractivity contribution in [2.75, 3.05) is 14.1 Å². The highest BCUT2D eigenvalue weighted by molar-refractivity contribution is 6.30. The van der Waals surface area contributed by atoms with Gasteiger partial charge in [0.05, 0.1) is 11.1 Å². The molecule has 3 aromatic rings. The second-order valence-electron chi connectivity index (χ2n) is 5.94. The highest BCUT2D eigenvalue weighted by Crippen LogP contribution is 2.25. The fourth-order valence-corrected chi connectivity index (χ4v) is 2.81. The number of benzene rings is 2. The molecule has 1 amide bonds. The molecule has 0 unspecified atom stereocenters. The van der Waals surface area contributed by atoms with Gasteiger partial charge in [0.25, 0.3) is 5.91 Å². The number of pyridine rings is 1. The molecule has 0 N–H and O–H groups in total. The zero-order chi connectivity index (χ0) is 18.7. The number of halogens is 1. The van der Waals surface area contributed by atoms with Crippen LogP contribution in [0.3, 0.4) is 0 Å². The van der Waals surface area contributed by atoms with Crippen molar-refractivity contribution in [2.24, 2.45) is 0 Å². The third-order valence-electron chi connectivity index (χ3n) is 3.90. The Hall–Kier alpha value is -2.92. The normalized spacial score (nSPS) is 11.8. The first-order valence-corrected chi connectivity index (χ1v) is 8.37. The average Bonchev–Trinajstić information content (AvgIpc) is 2.65. The van der Waals surface area contributed by atoms with Gasteiger partial charge < -0.3 is 9.64 Å². The van der Waals surface area contributed by atoms with Crippen LogP contribution in [-0.4, -0.2) is 35.9 Å². The molecule has 26 heavy (non-hydrogen) atoms. The van der Waals surface area contributed by atoms with Crippen LogP contribution in [0.5, 0.6) is 0 Å². The number of ether oxygens (including phenoxy) is 1. The van der Waals surface area contributed by atoms with Gasteiger partial charge in [0.15, 0.2) is 0 Å². The van der Waals surface area contributed by atoms with E-state index in [-0.39, 0.29) is 16.6 Å². The number of likely N-dealkylation sites (N-methyl/N-ethyl adjacent to an activating group) is 1. The van der Waals surface area contributed by atoms with Crippen LogP contribution in [0, 0.1) is 0 Å². The summed E-state index contributed by atoms with van der Waals surface area (Å²) in [5.41, 5.74) is 1.46. The van der Waals surface area contributed by atoms with Crippen molar-refractivity contribution >= 4 is 34.4 Å². The van der Waals surface area contributed by atoms with Crippen LogP contribution in [-0.2, 0) is 9.53 Å². The highest BCUT2D eigenvalue weighted by atomic mass is 35.5. The largest absolute Gasteiger partial charge is 0.444 e. The molecule has 1 aromatic heterocycles. The minimum atomic E-state index is -1.04. The number of hydrogen-bond donors (Lipinski definition) is 0. The Balaban J connectivity index is 2.00. The molecule has 0 fully saturated rings. The minimum absolute atomic E-state index is 0.186. The summed E-state index contributed by atoms with van der Waals surface area (Å²) in [5, 5.41) is 0.803. The van der Waals surface area contributed by atoms with Crippen LogP contribution in [0.1, 0.15) is 22.0 Å². The molecule has 6 heteroatoms. The molecule has 5 nitrogen and oxygen atoms in total. The lowest BCUT2D eigenvalue weighted by atomic mass is 10.1. The Labute approximate surface area is 156 Å². The van der Waals surface area contributed by atoms with Gasteiger partial charge in [0.2, 0.25) is 6.10 Å². The van der Waals surface area contributed by atoms with Gasteiger partial charge in [-0.3, -0.25) is 4.79 Å². The van der Waals surface area contributed by atoms with Crippen LogP contribution in [0.25, 0.3) is 10.9 Å². The Morgan fingerprint density at radius 1 is 1.04 bits per heavy atom. The zero-order valence-electron chi connectivity index (χ0n) is 14.3. The predicted molar refractivity (Wildman–Crippen MR) is 100 cm³/mol. The first-order valence-electron chi connectivity index (χ1n) is 8.00. The van der Waals surface area contributed by atoms with E-state index in [0.29, 0.717) is 16.5 Å². The molecule has 0 radical (unpaired) electrons. The molecule has 2 aromatic carbocycles. The van der Waals surface area contributed by atoms with Crippen molar-refractivity contribution in [2.45, 2.75) is 6.10 Å². The number of para-hydroxylation sites is 1. The number of fused-ring (bicyclic) bond motifs is 1. The Kier molecular flexibility index (Phi) is 5.19. The lowest BCUT2D eigenvalue weighted by Crippen LogP contribution is -2.31. The molecule has 1 atom stereocenters. The van der Waals surface area contributed by atoms with Gasteiger partial charge in [-0.1, -0.05) is 60.1 Å². The number of amides is 1. The number of carbonyl (C=O) groups excluding carboxylic acids is 2. The lowest BCUT2D eigenvalue weighted by Gasteiger charge is -2.21. The molecule has 3 rings (SSSR count). The standard InChI is InChI=1S/C20H17ClN2O3/c1-23(2)19(24)18(13-8-4-3-5-9-13)26-20(25)15-12-17(21)22-16-11-7-6-10-14(15)16/h3-12,18H,1-2H3/t18-/m0/s1. The number of aromatic nitrogens is 1. The van der Waals surface area contributed by atoms with E-state index in [1.54, 1.807) is 56.6 Å². The van der Waals surface area contributed by atoms with E-state index in [4.69, 9.17) is 16.3 Å². The van der Waals surface area contributed by atoms with Crippen LogP contribution >= 0.6 is 11.6 Å². The molecule has 1 heterocycles. The summed E-state index contributed by atoms with van der Waals surface area (Å²) >= 11 is 6.04. The first-order chi connectivity index (χ1) is 12.5. The van der Waals surface area contributed by atoms with Crippen LogP contribution in [0.15, 0.2) is 60.7 Å².